The Labute approximate surface area is 409 Å². The molecular formula is C53H84N2O14. The van der Waals surface area contributed by atoms with Crippen molar-refractivity contribution in [2.45, 2.75) is 167 Å². The molecule has 4 saturated carbocycles. The minimum absolute atomic E-state index is 0.00973. The third kappa shape index (κ3) is 11.8. The van der Waals surface area contributed by atoms with Crippen molar-refractivity contribution < 1.29 is 67.9 Å². The number of hydrogen-bond acceptors (Lipinski definition) is 16. The van der Waals surface area contributed by atoms with E-state index in [4.69, 9.17) is 37.9 Å². The van der Waals surface area contributed by atoms with Gasteiger partial charge in [-0.25, -0.2) is 4.79 Å². The fourth-order valence-corrected chi connectivity index (χ4v) is 14.5. The summed E-state index contributed by atoms with van der Waals surface area (Å²) >= 11 is 0. The second-order valence-corrected chi connectivity index (χ2v) is 22.5. The smallest absolute Gasteiger partial charge is 0.338 e. The number of ether oxygens (including phenoxy) is 8. The Morgan fingerprint density at radius 1 is 0.826 bits per heavy atom. The van der Waals surface area contributed by atoms with E-state index in [-0.39, 0.29) is 47.7 Å². The first-order valence-electron chi connectivity index (χ1n) is 26.4. The maximum Gasteiger partial charge on any atom is 0.338 e. The van der Waals surface area contributed by atoms with Crippen LogP contribution in [-0.2, 0) is 38.0 Å². The van der Waals surface area contributed by atoms with Crippen molar-refractivity contribution in [3.8, 4) is 5.75 Å². The Balaban J connectivity index is 0.993. The SMILES string of the molecule is COc1ccc(C(=O)O[C@H]2[C@H](O[C@@H]3[C@@H](OC(C)=O)[C@H](O[C@H]4CC5C6CC[C@H]7C[C@@H](O)CC[C@]7(C)C6CC[C@]5(C)[C@H]4[C@H](C)CCC[C@@H](C)CNCCN4CCOCC4)OC[C@@H]3O)OC[C@@H](O)[C@@H]2O)cc1. The summed E-state index contributed by atoms with van der Waals surface area (Å²) in [7, 11) is 1.51. The quantitative estimate of drug-likeness (QED) is 0.0999. The molecule has 0 spiro atoms. The molecule has 3 heterocycles. The largest absolute Gasteiger partial charge is 0.497 e. The second-order valence-electron chi connectivity index (χ2n) is 22.5. The first-order chi connectivity index (χ1) is 33.1. The number of esters is 2. The predicted octanol–water partition coefficient (Wildman–Crippen LogP) is 4.71. The zero-order chi connectivity index (χ0) is 49.0. The van der Waals surface area contributed by atoms with E-state index in [9.17, 15) is 30.0 Å². The number of methoxy groups -OCH3 is 1. The van der Waals surface area contributed by atoms with E-state index in [1.54, 1.807) is 12.1 Å². The average Bonchev–Trinajstić information content (AvgIpc) is 3.64. The van der Waals surface area contributed by atoms with Crippen LogP contribution in [0, 0.1) is 52.3 Å². The van der Waals surface area contributed by atoms with Crippen LogP contribution in [-0.4, -0.2) is 165 Å². The van der Waals surface area contributed by atoms with Gasteiger partial charge < -0.3 is 63.6 Å². The summed E-state index contributed by atoms with van der Waals surface area (Å²) in [6, 6.07) is 6.22. The van der Waals surface area contributed by atoms with Crippen molar-refractivity contribution in [2.75, 3.05) is 66.3 Å². The first-order valence-corrected chi connectivity index (χ1v) is 26.4. The van der Waals surface area contributed by atoms with Gasteiger partial charge in [0.15, 0.2) is 24.8 Å². The number of carbonyl (C=O) groups is 2. The molecule has 5 N–H and O–H groups in total. The molecule has 19 atom stereocenters. The lowest BCUT2D eigenvalue weighted by molar-refractivity contribution is -0.340. The van der Waals surface area contributed by atoms with Crippen LogP contribution in [0.2, 0.25) is 0 Å². The monoisotopic (exact) mass is 973 g/mol. The van der Waals surface area contributed by atoms with Crippen molar-refractivity contribution in [3.05, 3.63) is 29.8 Å². The Kier molecular flexibility index (Phi) is 17.7. The van der Waals surface area contributed by atoms with E-state index in [0.717, 1.165) is 117 Å². The molecule has 3 saturated heterocycles. The number of hydrogen-bond donors (Lipinski definition) is 5. The highest BCUT2D eigenvalue weighted by Gasteiger charge is 2.64. The summed E-state index contributed by atoms with van der Waals surface area (Å²) in [5, 5.41) is 47.8. The highest BCUT2D eigenvalue weighted by Crippen LogP contribution is 2.69. The zero-order valence-corrected chi connectivity index (χ0v) is 42.1. The van der Waals surface area contributed by atoms with E-state index in [1.165, 1.54) is 26.2 Å². The van der Waals surface area contributed by atoms with Gasteiger partial charge in [0, 0.05) is 33.1 Å². The van der Waals surface area contributed by atoms with Gasteiger partial charge in [0.2, 0.25) is 0 Å². The number of rotatable bonds is 18. The Bertz CT molecular complexity index is 1820. The van der Waals surface area contributed by atoms with Crippen LogP contribution in [0.15, 0.2) is 24.3 Å². The van der Waals surface area contributed by atoms with Crippen LogP contribution >= 0.6 is 0 Å². The first kappa shape index (κ1) is 52.8. The van der Waals surface area contributed by atoms with E-state index in [2.05, 4.69) is 37.9 Å². The fourth-order valence-electron chi connectivity index (χ4n) is 14.5. The molecule has 0 radical (unpaired) electrons. The summed E-state index contributed by atoms with van der Waals surface area (Å²) in [6.45, 7) is 17.1. The normalized spacial score (nSPS) is 41.2. The summed E-state index contributed by atoms with van der Waals surface area (Å²) < 4.78 is 48.3. The molecule has 1 aromatic carbocycles. The van der Waals surface area contributed by atoms with Gasteiger partial charge in [-0.05, 0) is 141 Å². The molecule has 16 nitrogen and oxygen atoms in total. The van der Waals surface area contributed by atoms with Crippen molar-refractivity contribution in [1.82, 2.24) is 10.2 Å². The maximum absolute atomic E-state index is 13.4. The van der Waals surface area contributed by atoms with Crippen LogP contribution in [0.3, 0.4) is 0 Å². The summed E-state index contributed by atoms with van der Waals surface area (Å²) in [5.41, 5.74) is 0.362. The highest BCUT2D eigenvalue weighted by molar-refractivity contribution is 5.89. The number of benzene rings is 1. The van der Waals surface area contributed by atoms with Crippen molar-refractivity contribution >= 4 is 11.9 Å². The zero-order valence-electron chi connectivity index (χ0n) is 42.1. The lowest BCUT2D eigenvalue weighted by atomic mass is 9.44. The molecule has 69 heavy (non-hydrogen) atoms. The predicted molar refractivity (Wildman–Crippen MR) is 254 cm³/mol. The number of aliphatic hydroxyl groups is 4. The molecule has 3 aliphatic heterocycles. The van der Waals surface area contributed by atoms with Gasteiger partial charge in [-0.15, -0.1) is 0 Å². The minimum atomic E-state index is -1.59. The van der Waals surface area contributed by atoms with Gasteiger partial charge in [-0.2, -0.15) is 0 Å². The molecule has 16 heteroatoms. The van der Waals surface area contributed by atoms with Gasteiger partial charge in [-0.1, -0.05) is 40.5 Å². The topological polar surface area (TPSA) is 204 Å². The maximum atomic E-state index is 13.4. The Morgan fingerprint density at radius 2 is 1.54 bits per heavy atom. The molecule has 0 amide bonds. The van der Waals surface area contributed by atoms with Gasteiger partial charge >= 0.3 is 11.9 Å². The molecule has 0 aromatic heterocycles. The fraction of sp³-hybridized carbons (Fsp3) is 0.849. The van der Waals surface area contributed by atoms with Crippen molar-refractivity contribution in [1.29, 1.82) is 0 Å². The van der Waals surface area contributed by atoms with Gasteiger partial charge in [0.25, 0.3) is 0 Å². The standard InChI is InChI=1S/C53H84N2O14/c1-31(28-54-20-21-55-22-24-63-25-23-55)8-7-9-32(2)44-43(27-40-38-15-12-35-26-36(57)16-18-52(35,4)39(38)17-19-53(40,44)5)67-51-48(66-33(3)56)46(42(59)30-65-51)69-50-47(45(60)41(58)29-64-50)68-49(61)34-10-13-37(62-6)14-11-34/h10-11,13-14,31-32,35-36,38-48,50-51,54,57-60H,7-9,12,15-30H2,1-6H3/t31-,32-,35+,36+,38?,39?,40?,41-,42+,43+,44+,45+,46+,47-,48-,50+,51+,52+,53+/m1/s1. The van der Waals surface area contributed by atoms with Crippen LogP contribution in [0.1, 0.15) is 116 Å². The van der Waals surface area contributed by atoms with E-state index in [1.807, 2.05) is 0 Å². The molecule has 390 valence electrons. The number of nitrogens with zero attached hydrogens (tertiary/aromatic N) is 1. The van der Waals surface area contributed by atoms with Gasteiger partial charge in [0.1, 0.15) is 30.2 Å². The van der Waals surface area contributed by atoms with Crippen LogP contribution in [0.4, 0.5) is 0 Å². The van der Waals surface area contributed by atoms with Crippen LogP contribution < -0.4 is 10.1 Å². The second kappa shape index (κ2) is 23.2. The number of carbonyl (C=O) groups excluding carboxylic acids is 2. The summed E-state index contributed by atoms with van der Waals surface area (Å²) in [4.78, 5) is 28.8. The lowest BCUT2D eigenvalue weighted by Crippen LogP contribution is -2.62. The molecule has 7 aliphatic rings. The van der Waals surface area contributed by atoms with Crippen molar-refractivity contribution in [2.24, 2.45) is 52.3 Å². The van der Waals surface area contributed by atoms with Crippen molar-refractivity contribution in [3.63, 3.8) is 0 Å². The van der Waals surface area contributed by atoms with E-state index in [0.29, 0.717) is 41.3 Å². The molecule has 0 bridgehead atoms. The lowest BCUT2D eigenvalue weighted by Gasteiger charge is -2.61. The molecule has 8 rings (SSSR count). The van der Waals surface area contributed by atoms with Gasteiger partial charge in [0.05, 0.1) is 51.3 Å². The van der Waals surface area contributed by atoms with Gasteiger partial charge in [-0.3, -0.25) is 9.69 Å². The summed E-state index contributed by atoms with van der Waals surface area (Å²) in [6.07, 6.45) is 0.0937. The van der Waals surface area contributed by atoms with Crippen LogP contribution in [0.5, 0.6) is 5.75 Å². The number of aliphatic hydroxyl groups excluding tert-OH is 4. The number of nitrogens with one attached hydrogen (secondary N) is 1. The molecule has 4 aliphatic carbocycles. The third-order valence-electron chi connectivity index (χ3n) is 18.2. The number of morpholine rings is 1. The molecule has 3 unspecified atom stereocenters. The Morgan fingerprint density at radius 3 is 2.26 bits per heavy atom. The van der Waals surface area contributed by atoms with E-state index >= 15 is 0 Å². The number of fused-ring (bicyclic) bond motifs is 5. The summed E-state index contributed by atoms with van der Waals surface area (Å²) in [5.74, 6) is 2.20. The Hall–Kier alpha value is -2.48. The molecular weight excluding hydrogens is 889 g/mol. The molecule has 7 fully saturated rings. The van der Waals surface area contributed by atoms with E-state index < -0.39 is 61.1 Å². The third-order valence-corrected chi connectivity index (χ3v) is 18.2. The average molecular weight is 973 g/mol. The van der Waals surface area contributed by atoms with Crippen LogP contribution in [0.25, 0.3) is 0 Å². The molecule has 1 aromatic rings. The minimum Gasteiger partial charge on any atom is -0.497 e. The highest BCUT2D eigenvalue weighted by atomic mass is 16.7.